The van der Waals surface area contributed by atoms with Gasteiger partial charge in [0, 0.05) is 18.8 Å². The van der Waals surface area contributed by atoms with E-state index in [4.69, 9.17) is 0 Å². The Labute approximate surface area is 155 Å². The number of hydrogen-bond acceptors (Lipinski definition) is 2. The summed E-state index contributed by atoms with van der Waals surface area (Å²) < 4.78 is 13.7. The molecular formula is C22H27FN2O. The Balaban J connectivity index is 1.58. The number of nitrogens with zero attached hydrogens (tertiary/aromatic N) is 1. The van der Waals surface area contributed by atoms with Crippen molar-refractivity contribution in [3.05, 3.63) is 65.5 Å². The Morgan fingerprint density at radius 3 is 2.65 bits per heavy atom. The quantitative estimate of drug-likeness (QED) is 0.858. The second-order valence-corrected chi connectivity index (χ2v) is 7.34. The maximum atomic E-state index is 13.7. The first-order valence-corrected chi connectivity index (χ1v) is 9.40. The van der Waals surface area contributed by atoms with E-state index in [1.165, 1.54) is 24.6 Å². The predicted octanol–water partition coefficient (Wildman–Crippen LogP) is 4.48. The number of rotatable bonds is 5. The van der Waals surface area contributed by atoms with Crippen LogP contribution in [0, 0.1) is 11.7 Å². The molecule has 0 spiro atoms. The summed E-state index contributed by atoms with van der Waals surface area (Å²) in [6, 6.07) is 14.7. The number of carbonyl (C=O) groups is 1. The Kier molecular flexibility index (Phi) is 5.92. The van der Waals surface area contributed by atoms with Crippen LogP contribution in [0.25, 0.3) is 0 Å². The van der Waals surface area contributed by atoms with Gasteiger partial charge >= 0.3 is 0 Å². The molecule has 26 heavy (non-hydrogen) atoms. The molecule has 1 saturated heterocycles. The van der Waals surface area contributed by atoms with Crippen molar-refractivity contribution in [1.29, 1.82) is 0 Å². The lowest BCUT2D eigenvalue weighted by Gasteiger charge is -2.33. The Bertz CT molecular complexity index is 744. The lowest BCUT2D eigenvalue weighted by molar-refractivity contribution is -0.121. The van der Waals surface area contributed by atoms with Gasteiger partial charge in [0.05, 0.1) is 12.5 Å². The summed E-state index contributed by atoms with van der Waals surface area (Å²) in [4.78, 5) is 14.6. The van der Waals surface area contributed by atoms with Crippen molar-refractivity contribution in [3.8, 4) is 0 Å². The molecule has 0 bridgehead atoms. The first-order chi connectivity index (χ1) is 12.5. The van der Waals surface area contributed by atoms with Gasteiger partial charge in [0.2, 0.25) is 5.91 Å². The number of amides is 1. The molecular weight excluding hydrogens is 327 g/mol. The van der Waals surface area contributed by atoms with Gasteiger partial charge in [-0.1, -0.05) is 37.3 Å². The number of anilines is 1. The van der Waals surface area contributed by atoms with E-state index in [-0.39, 0.29) is 24.2 Å². The zero-order valence-electron chi connectivity index (χ0n) is 15.5. The monoisotopic (exact) mass is 354 g/mol. The Morgan fingerprint density at radius 1 is 1.23 bits per heavy atom. The van der Waals surface area contributed by atoms with Crippen LogP contribution < -0.4 is 10.2 Å². The van der Waals surface area contributed by atoms with Crippen LogP contribution in [-0.4, -0.2) is 19.0 Å². The summed E-state index contributed by atoms with van der Waals surface area (Å²) in [6.07, 6.45) is 2.60. The maximum absolute atomic E-state index is 13.7. The number of hydrogen-bond donors (Lipinski definition) is 1. The van der Waals surface area contributed by atoms with Gasteiger partial charge in [0.1, 0.15) is 5.82 Å². The SMILES string of the molecule is C[C@@H]1CCCN(c2ccc([C@H](C)NC(=O)Cc3ccccc3F)cc2)C1. The maximum Gasteiger partial charge on any atom is 0.225 e. The predicted molar refractivity (Wildman–Crippen MR) is 104 cm³/mol. The smallest absolute Gasteiger partial charge is 0.225 e. The number of halogens is 1. The minimum absolute atomic E-state index is 0.0563. The third-order valence-electron chi connectivity index (χ3n) is 5.10. The van der Waals surface area contributed by atoms with Crippen LogP contribution in [0.4, 0.5) is 10.1 Å². The van der Waals surface area contributed by atoms with Gasteiger partial charge in [0.25, 0.3) is 0 Å². The van der Waals surface area contributed by atoms with E-state index >= 15 is 0 Å². The van der Waals surface area contributed by atoms with Crippen LogP contribution in [0.15, 0.2) is 48.5 Å². The van der Waals surface area contributed by atoms with E-state index in [0.29, 0.717) is 5.56 Å². The van der Waals surface area contributed by atoms with Gasteiger partial charge in [0.15, 0.2) is 0 Å². The summed E-state index contributed by atoms with van der Waals surface area (Å²) in [5, 5.41) is 2.96. The highest BCUT2D eigenvalue weighted by molar-refractivity contribution is 5.79. The largest absolute Gasteiger partial charge is 0.371 e. The molecule has 1 N–H and O–H groups in total. The summed E-state index contributed by atoms with van der Waals surface area (Å²) in [5.41, 5.74) is 2.72. The third kappa shape index (κ3) is 4.63. The Hall–Kier alpha value is -2.36. The number of nitrogens with one attached hydrogen (secondary N) is 1. The van der Waals surface area contributed by atoms with Gasteiger partial charge in [-0.2, -0.15) is 0 Å². The lowest BCUT2D eigenvalue weighted by Crippen LogP contribution is -2.34. The third-order valence-corrected chi connectivity index (χ3v) is 5.10. The van der Waals surface area contributed by atoms with Crippen LogP contribution in [0.5, 0.6) is 0 Å². The van der Waals surface area contributed by atoms with Crippen molar-refractivity contribution >= 4 is 11.6 Å². The summed E-state index contributed by atoms with van der Waals surface area (Å²) in [5.74, 6) is 0.229. The standard InChI is InChI=1S/C22H27FN2O/c1-16-6-5-13-25(15-16)20-11-9-18(10-12-20)17(2)24-22(26)14-19-7-3-4-8-21(19)23/h3-4,7-12,16-17H,5-6,13-15H2,1-2H3,(H,24,26)/t16-,17+/m1/s1. The van der Waals surface area contributed by atoms with Crippen LogP contribution >= 0.6 is 0 Å². The number of piperidine rings is 1. The highest BCUT2D eigenvalue weighted by Gasteiger charge is 2.17. The molecule has 1 aliphatic rings. The van der Waals surface area contributed by atoms with Crippen LogP contribution in [-0.2, 0) is 11.2 Å². The summed E-state index contributed by atoms with van der Waals surface area (Å²) >= 11 is 0. The van der Waals surface area contributed by atoms with E-state index in [9.17, 15) is 9.18 Å². The van der Waals surface area contributed by atoms with E-state index in [0.717, 1.165) is 24.6 Å². The molecule has 1 heterocycles. The molecule has 2 aromatic carbocycles. The molecule has 0 saturated carbocycles. The topological polar surface area (TPSA) is 32.3 Å². The minimum atomic E-state index is -0.338. The van der Waals surface area contributed by atoms with E-state index < -0.39 is 0 Å². The first kappa shape index (κ1) is 18.4. The molecule has 0 aromatic heterocycles. The fourth-order valence-electron chi connectivity index (χ4n) is 3.59. The molecule has 3 nitrogen and oxygen atoms in total. The molecule has 1 amide bonds. The molecule has 0 radical (unpaired) electrons. The minimum Gasteiger partial charge on any atom is -0.371 e. The normalized spacial score (nSPS) is 18.4. The van der Waals surface area contributed by atoms with Crippen molar-refractivity contribution in [3.63, 3.8) is 0 Å². The van der Waals surface area contributed by atoms with Gasteiger partial charge in [-0.05, 0) is 55.0 Å². The number of carbonyl (C=O) groups excluding carboxylic acids is 1. The average Bonchev–Trinajstić information content (AvgIpc) is 2.64. The first-order valence-electron chi connectivity index (χ1n) is 9.40. The van der Waals surface area contributed by atoms with Gasteiger partial charge in [-0.15, -0.1) is 0 Å². The molecule has 138 valence electrons. The van der Waals surface area contributed by atoms with Crippen molar-refractivity contribution < 1.29 is 9.18 Å². The summed E-state index contributed by atoms with van der Waals surface area (Å²) in [6.45, 7) is 6.47. The van der Waals surface area contributed by atoms with Crippen molar-refractivity contribution in [2.45, 2.75) is 39.2 Å². The molecule has 1 aliphatic heterocycles. The highest BCUT2D eigenvalue weighted by atomic mass is 19.1. The van der Waals surface area contributed by atoms with Crippen molar-refractivity contribution in [2.75, 3.05) is 18.0 Å². The van der Waals surface area contributed by atoms with Crippen LogP contribution in [0.3, 0.4) is 0 Å². The summed E-state index contributed by atoms with van der Waals surface area (Å²) in [7, 11) is 0. The van der Waals surface area contributed by atoms with Gasteiger partial charge in [-0.25, -0.2) is 4.39 Å². The molecule has 4 heteroatoms. The second-order valence-electron chi connectivity index (χ2n) is 7.34. The Morgan fingerprint density at radius 2 is 1.96 bits per heavy atom. The van der Waals surface area contributed by atoms with Crippen molar-refractivity contribution in [1.82, 2.24) is 5.32 Å². The lowest BCUT2D eigenvalue weighted by atomic mass is 9.99. The molecule has 2 aromatic rings. The zero-order valence-corrected chi connectivity index (χ0v) is 15.5. The van der Waals surface area contributed by atoms with Crippen LogP contribution in [0.1, 0.15) is 43.9 Å². The van der Waals surface area contributed by atoms with Gasteiger partial charge in [-0.3, -0.25) is 4.79 Å². The molecule has 1 fully saturated rings. The fraction of sp³-hybridized carbons (Fsp3) is 0.409. The van der Waals surface area contributed by atoms with Gasteiger partial charge < -0.3 is 10.2 Å². The van der Waals surface area contributed by atoms with E-state index in [1.54, 1.807) is 18.2 Å². The zero-order chi connectivity index (χ0) is 18.5. The second kappa shape index (κ2) is 8.35. The molecule has 0 aliphatic carbocycles. The van der Waals surface area contributed by atoms with Crippen molar-refractivity contribution in [2.24, 2.45) is 5.92 Å². The highest BCUT2D eigenvalue weighted by Crippen LogP contribution is 2.24. The average molecular weight is 354 g/mol. The molecule has 0 unspecified atom stereocenters. The molecule has 3 rings (SSSR count). The number of benzene rings is 2. The van der Waals surface area contributed by atoms with E-state index in [1.807, 2.05) is 6.92 Å². The van der Waals surface area contributed by atoms with Crippen LogP contribution in [0.2, 0.25) is 0 Å². The van der Waals surface area contributed by atoms with E-state index in [2.05, 4.69) is 41.4 Å². The fourth-order valence-corrected chi connectivity index (χ4v) is 3.59. The molecule has 2 atom stereocenters.